The van der Waals surface area contributed by atoms with Crippen LogP contribution >= 0.6 is 0 Å². The molecule has 0 radical (unpaired) electrons. The third-order valence-electron chi connectivity index (χ3n) is 3.02. The van der Waals surface area contributed by atoms with Crippen molar-refractivity contribution in [3.63, 3.8) is 0 Å². The number of rotatable bonds is 5. The Balaban J connectivity index is 2.59. The lowest BCUT2D eigenvalue weighted by Crippen LogP contribution is -2.55. The molecular formula is C10H21N3O3S. The number of nitrogens with zero attached hydrogens (tertiary/aromatic N) is 1. The van der Waals surface area contributed by atoms with Gasteiger partial charge in [-0.1, -0.05) is 6.92 Å². The van der Waals surface area contributed by atoms with Crippen molar-refractivity contribution in [3.8, 4) is 0 Å². The van der Waals surface area contributed by atoms with Gasteiger partial charge in [0, 0.05) is 19.1 Å². The Morgan fingerprint density at radius 3 is 2.71 bits per heavy atom. The zero-order chi connectivity index (χ0) is 13.1. The highest BCUT2D eigenvalue weighted by atomic mass is 32.2. The van der Waals surface area contributed by atoms with Gasteiger partial charge < -0.3 is 11.1 Å². The molecule has 0 aromatic carbocycles. The summed E-state index contributed by atoms with van der Waals surface area (Å²) in [7, 11) is -2.91. The Labute approximate surface area is 102 Å². The molecule has 6 nitrogen and oxygen atoms in total. The second-order valence-electron chi connectivity index (χ2n) is 4.47. The number of hydrogen-bond acceptors (Lipinski definition) is 5. The standard InChI is InChI=1S/C10H21N3O3S/c1-3-12-9(10(11)14)6-13-4-5-17(15,16)7-8(13)2/h8-9,12H,3-7H2,1-2H3,(H2,11,14). The molecule has 0 saturated carbocycles. The van der Waals surface area contributed by atoms with Crippen LogP contribution in [0, 0.1) is 0 Å². The molecule has 0 spiro atoms. The van der Waals surface area contributed by atoms with Crippen molar-refractivity contribution in [2.45, 2.75) is 25.9 Å². The summed E-state index contributed by atoms with van der Waals surface area (Å²) in [4.78, 5) is 13.2. The van der Waals surface area contributed by atoms with Crippen LogP contribution in [0.15, 0.2) is 0 Å². The van der Waals surface area contributed by atoms with Crippen LogP contribution in [-0.4, -0.2) is 62.4 Å². The molecule has 1 saturated heterocycles. The first kappa shape index (κ1) is 14.4. The van der Waals surface area contributed by atoms with Gasteiger partial charge in [-0.2, -0.15) is 0 Å². The van der Waals surface area contributed by atoms with Gasteiger partial charge in [0.1, 0.15) is 0 Å². The molecule has 0 aromatic rings. The molecule has 7 heteroatoms. The smallest absolute Gasteiger partial charge is 0.235 e. The van der Waals surface area contributed by atoms with Crippen LogP contribution < -0.4 is 11.1 Å². The molecule has 1 fully saturated rings. The molecule has 0 bridgehead atoms. The van der Waals surface area contributed by atoms with Crippen molar-refractivity contribution in [2.24, 2.45) is 5.73 Å². The largest absolute Gasteiger partial charge is 0.368 e. The Morgan fingerprint density at radius 2 is 2.24 bits per heavy atom. The van der Waals surface area contributed by atoms with Gasteiger partial charge in [0.05, 0.1) is 17.5 Å². The number of sulfone groups is 1. The van der Waals surface area contributed by atoms with Gasteiger partial charge in [0.25, 0.3) is 0 Å². The second-order valence-corrected chi connectivity index (χ2v) is 6.70. The lowest BCUT2D eigenvalue weighted by atomic mass is 10.2. The maximum atomic E-state index is 11.4. The van der Waals surface area contributed by atoms with Crippen molar-refractivity contribution in [1.82, 2.24) is 10.2 Å². The highest BCUT2D eigenvalue weighted by Gasteiger charge is 2.30. The quantitative estimate of drug-likeness (QED) is 0.634. The minimum atomic E-state index is -2.91. The third kappa shape index (κ3) is 4.25. The number of hydrogen-bond donors (Lipinski definition) is 2. The van der Waals surface area contributed by atoms with Crippen molar-refractivity contribution < 1.29 is 13.2 Å². The third-order valence-corrected chi connectivity index (χ3v) is 4.81. The van der Waals surface area contributed by atoms with Crippen LogP contribution in [0.3, 0.4) is 0 Å². The average Bonchev–Trinajstić information content (AvgIpc) is 2.19. The topological polar surface area (TPSA) is 92.5 Å². The van der Waals surface area contributed by atoms with Crippen LogP contribution in [0.4, 0.5) is 0 Å². The van der Waals surface area contributed by atoms with Gasteiger partial charge in [0.15, 0.2) is 9.84 Å². The Bertz CT molecular complexity index is 369. The van der Waals surface area contributed by atoms with E-state index in [0.29, 0.717) is 19.6 Å². The van der Waals surface area contributed by atoms with Crippen LogP contribution in [0.1, 0.15) is 13.8 Å². The average molecular weight is 263 g/mol. The summed E-state index contributed by atoms with van der Waals surface area (Å²) in [6.07, 6.45) is 0. The van der Waals surface area contributed by atoms with E-state index < -0.39 is 21.8 Å². The number of likely N-dealkylation sites (N-methyl/N-ethyl adjacent to an activating group) is 1. The SMILES string of the molecule is CCNC(CN1CCS(=O)(=O)CC1C)C(N)=O. The van der Waals surface area contributed by atoms with Gasteiger partial charge in [-0.15, -0.1) is 0 Å². The first-order valence-electron chi connectivity index (χ1n) is 5.83. The summed E-state index contributed by atoms with van der Waals surface area (Å²) >= 11 is 0. The number of carbonyl (C=O) groups excluding carboxylic acids is 1. The molecule has 17 heavy (non-hydrogen) atoms. The monoisotopic (exact) mass is 263 g/mol. The molecule has 2 unspecified atom stereocenters. The van der Waals surface area contributed by atoms with Crippen molar-refractivity contribution in [1.29, 1.82) is 0 Å². The molecule has 3 N–H and O–H groups in total. The van der Waals surface area contributed by atoms with E-state index in [-0.39, 0.29) is 17.5 Å². The van der Waals surface area contributed by atoms with E-state index in [4.69, 9.17) is 5.73 Å². The molecule has 0 aliphatic carbocycles. The molecule has 2 atom stereocenters. The summed E-state index contributed by atoms with van der Waals surface area (Å²) in [5.41, 5.74) is 5.29. The Hall–Kier alpha value is -0.660. The van der Waals surface area contributed by atoms with Crippen LogP contribution in [0.5, 0.6) is 0 Å². The molecular weight excluding hydrogens is 242 g/mol. The number of nitrogens with two attached hydrogens (primary N) is 1. The first-order valence-corrected chi connectivity index (χ1v) is 7.65. The molecule has 1 rings (SSSR count). The van der Waals surface area contributed by atoms with Crippen LogP contribution in [-0.2, 0) is 14.6 Å². The lowest BCUT2D eigenvalue weighted by Gasteiger charge is -2.35. The minimum absolute atomic E-state index is 0.0609. The molecule has 1 aliphatic rings. The van der Waals surface area contributed by atoms with Crippen molar-refractivity contribution >= 4 is 15.7 Å². The fourth-order valence-electron chi connectivity index (χ4n) is 2.04. The Kier molecular flexibility index (Phi) is 4.91. The van der Waals surface area contributed by atoms with E-state index in [2.05, 4.69) is 5.32 Å². The minimum Gasteiger partial charge on any atom is -0.368 e. The van der Waals surface area contributed by atoms with E-state index in [9.17, 15) is 13.2 Å². The fraction of sp³-hybridized carbons (Fsp3) is 0.900. The number of amides is 1. The number of primary amides is 1. The summed E-state index contributed by atoms with van der Waals surface area (Å²) < 4.78 is 22.8. The summed E-state index contributed by atoms with van der Waals surface area (Å²) in [6.45, 7) is 5.37. The number of nitrogens with one attached hydrogen (secondary N) is 1. The summed E-state index contributed by atoms with van der Waals surface area (Å²) in [5, 5.41) is 3.00. The van der Waals surface area contributed by atoms with Gasteiger partial charge >= 0.3 is 0 Å². The molecule has 0 aromatic heterocycles. The maximum Gasteiger partial charge on any atom is 0.235 e. The highest BCUT2D eigenvalue weighted by molar-refractivity contribution is 7.91. The van der Waals surface area contributed by atoms with Gasteiger partial charge in [-0.25, -0.2) is 8.42 Å². The van der Waals surface area contributed by atoms with E-state index in [1.807, 2.05) is 18.7 Å². The lowest BCUT2D eigenvalue weighted by molar-refractivity contribution is -0.120. The zero-order valence-corrected chi connectivity index (χ0v) is 11.2. The highest BCUT2D eigenvalue weighted by Crippen LogP contribution is 2.11. The molecule has 1 aliphatic heterocycles. The molecule has 100 valence electrons. The zero-order valence-electron chi connectivity index (χ0n) is 10.3. The van der Waals surface area contributed by atoms with E-state index in [1.54, 1.807) is 0 Å². The van der Waals surface area contributed by atoms with E-state index >= 15 is 0 Å². The fourth-order valence-corrected chi connectivity index (χ4v) is 3.67. The van der Waals surface area contributed by atoms with Gasteiger partial charge in [-0.3, -0.25) is 9.69 Å². The Morgan fingerprint density at radius 1 is 1.59 bits per heavy atom. The van der Waals surface area contributed by atoms with E-state index in [1.165, 1.54) is 0 Å². The van der Waals surface area contributed by atoms with Gasteiger partial charge in [0.2, 0.25) is 5.91 Å². The first-order chi connectivity index (χ1) is 7.85. The predicted molar refractivity (Wildman–Crippen MR) is 66.3 cm³/mol. The maximum absolute atomic E-state index is 11.4. The van der Waals surface area contributed by atoms with Gasteiger partial charge in [-0.05, 0) is 13.5 Å². The molecule has 1 amide bonds. The summed E-state index contributed by atoms with van der Waals surface area (Å²) in [5.74, 6) is -0.0768. The summed E-state index contributed by atoms with van der Waals surface area (Å²) in [6, 6.07) is -0.475. The van der Waals surface area contributed by atoms with Crippen LogP contribution in [0.2, 0.25) is 0 Å². The van der Waals surface area contributed by atoms with Crippen molar-refractivity contribution in [2.75, 3.05) is 31.1 Å². The second kappa shape index (κ2) is 5.79. The van der Waals surface area contributed by atoms with Crippen molar-refractivity contribution in [3.05, 3.63) is 0 Å². The van der Waals surface area contributed by atoms with E-state index in [0.717, 1.165) is 0 Å². The molecule has 1 heterocycles. The van der Waals surface area contributed by atoms with Crippen LogP contribution in [0.25, 0.3) is 0 Å². The number of carbonyl (C=O) groups is 1. The normalized spacial score (nSPS) is 26.6. The predicted octanol–water partition coefficient (Wildman–Crippen LogP) is -1.43.